The van der Waals surface area contributed by atoms with Gasteiger partial charge in [-0.25, -0.2) is 9.97 Å². The summed E-state index contributed by atoms with van der Waals surface area (Å²) < 4.78 is 5.05. The zero-order valence-corrected chi connectivity index (χ0v) is 15.9. The lowest BCUT2D eigenvalue weighted by Crippen LogP contribution is -2.31. The molecule has 0 aliphatic carbocycles. The molecule has 1 heterocycles. The van der Waals surface area contributed by atoms with Gasteiger partial charge in [-0.05, 0) is 24.1 Å². The Morgan fingerprint density at radius 2 is 1.75 bits per heavy atom. The van der Waals surface area contributed by atoms with E-state index in [0.29, 0.717) is 31.2 Å². The molecular formula is C22H24N4O2. The zero-order valence-electron chi connectivity index (χ0n) is 15.9. The summed E-state index contributed by atoms with van der Waals surface area (Å²) in [5, 5.41) is 3.20. The van der Waals surface area contributed by atoms with Crippen LogP contribution in [0, 0.1) is 0 Å². The molecule has 0 aliphatic heterocycles. The minimum Gasteiger partial charge on any atom is -0.385 e. The zero-order chi connectivity index (χ0) is 19.6. The van der Waals surface area contributed by atoms with Crippen molar-refractivity contribution in [2.45, 2.75) is 13.0 Å². The number of rotatable bonds is 9. The topological polar surface area (TPSA) is 67.3 Å². The first-order valence-corrected chi connectivity index (χ1v) is 9.23. The summed E-state index contributed by atoms with van der Waals surface area (Å²) in [5.74, 6) is 0.458. The van der Waals surface area contributed by atoms with Gasteiger partial charge < -0.3 is 15.0 Å². The molecule has 3 aromatic rings. The Labute approximate surface area is 165 Å². The van der Waals surface area contributed by atoms with Crippen LogP contribution < -0.4 is 10.2 Å². The molecule has 28 heavy (non-hydrogen) atoms. The Morgan fingerprint density at radius 3 is 2.46 bits per heavy atom. The number of ether oxygens (including phenoxy) is 1. The minimum absolute atomic E-state index is 0.169. The summed E-state index contributed by atoms with van der Waals surface area (Å²) in [4.78, 5) is 23.4. The van der Waals surface area contributed by atoms with Crippen molar-refractivity contribution < 1.29 is 9.53 Å². The van der Waals surface area contributed by atoms with E-state index in [1.165, 1.54) is 6.33 Å². The average molecular weight is 376 g/mol. The number of nitrogens with one attached hydrogen (secondary N) is 1. The molecule has 1 N–H and O–H groups in total. The van der Waals surface area contributed by atoms with Gasteiger partial charge in [-0.1, -0.05) is 48.5 Å². The first-order valence-electron chi connectivity index (χ1n) is 9.23. The number of anilines is 2. The Morgan fingerprint density at radius 1 is 1.04 bits per heavy atom. The number of benzene rings is 2. The van der Waals surface area contributed by atoms with Crippen LogP contribution in [0.2, 0.25) is 0 Å². The summed E-state index contributed by atoms with van der Waals surface area (Å²) in [6.07, 6.45) is 2.27. The first-order chi connectivity index (χ1) is 13.8. The number of nitrogens with zero attached hydrogens (tertiary/aromatic N) is 3. The highest BCUT2D eigenvalue weighted by Gasteiger charge is 2.20. The van der Waals surface area contributed by atoms with Gasteiger partial charge in [0.05, 0.1) is 6.54 Å². The van der Waals surface area contributed by atoms with Crippen LogP contribution >= 0.6 is 0 Å². The predicted molar refractivity (Wildman–Crippen MR) is 110 cm³/mol. The van der Waals surface area contributed by atoms with E-state index in [9.17, 15) is 4.79 Å². The van der Waals surface area contributed by atoms with Crippen molar-refractivity contribution in [3.8, 4) is 0 Å². The third kappa shape index (κ3) is 5.37. The summed E-state index contributed by atoms with van der Waals surface area (Å²) in [5.41, 5.74) is 2.22. The maximum absolute atomic E-state index is 13.3. The normalized spacial score (nSPS) is 10.5. The van der Waals surface area contributed by atoms with Gasteiger partial charge in [0.2, 0.25) is 0 Å². The number of hydrogen-bond donors (Lipinski definition) is 1. The van der Waals surface area contributed by atoms with Crippen molar-refractivity contribution in [1.82, 2.24) is 9.97 Å². The number of carbonyl (C=O) groups is 1. The lowest BCUT2D eigenvalue weighted by Gasteiger charge is -2.23. The average Bonchev–Trinajstić information content (AvgIpc) is 2.76. The van der Waals surface area contributed by atoms with E-state index in [1.54, 1.807) is 18.1 Å². The fraction of sp³-hybridized carbons (Fsp3) is 0.227. The SMILES string of the molecule is COCCCNc1cc(C(=O)N(Cc2ccccc2)c2ccccc2)ncn1. The summed E-state index contributed by atoms with van der Waals surface area (Å²) in [7, 11) is 1.67. The smallest absolute Gasteiger partial charge is 0.277 e. The summed E-state index contributed by atoms with van der Waals surface area (Å²) in [6.45, 7) is 1.85. The molecule has 0 aliphatic rings. The second-order valence-electron chi connectivity index (χ2n) is 6.27. The highest BCUT2D eigenvalue weighted by atomic mass is 16.5. The number of aromatic nitrogens is 2. The highest BCUT2D eigenvalue weighted by Crippen LogP contribution is 2.20. The van der Waals surface area contributed by atoms with Crippen LogP contribution in [-0.2, 0) is 11.3 Å². The minimum atomic E-state index is -0.169. The molecule has 144 valence electrons. The third-order valence-corrected chi connectivity index (χ3v) is 4.21. The van der Waals surface area contributed by atoms with Crippen LogP contribution in [0.5, 0.6) is 0 Å². The summed E-state index contributed by atoms with van der Waals surface area (Å²) in [6, 6.07) is 21.2. The predicted octanol–water partition coefficient (Wildman–Crippen LogP) is 3.77. The fourth-order valence-electron chi connectivity index (χ4n) is 2.80. The number of carbonyl (C=O) groups excluding carboxylic acids is 1. The van der Waals surface area contributed by atoms with Crippen LogP contribution in [0.1, 0.15) is 22.5 Å². The number of para-hydroxylation sites is 1. The second kappa shape index (κ2) is 10.2. The van der Waals surface area contributed by atoms with Gasteiger partial charge >= 0.3 is 0 Å². The van der Waals surface area contributed by atoms with Gasteiger partial charge in [-0.2, -0.15) is 0 Å². The largest absolute Gasteiger partial charge is 0.385 e. The molecule has 0 bridgehead atoms. The van der Waals surface area contributed by atoms with Crippen LogP contribution in [-0.4, -0.2) is 36.1 Å². The molecule has 0 saturated carbocycles. The fourth-order valence-corrected chi connectivity index (χ4v) is 2.80. The van der Waals surface area contributed by atoms with Crippen LogP contribution in [0.25, 0.3) is 0 Å². The van der Waals surface area contributed by atoms with Gasteiger partial charge in [0.25, 0.3) is 5.91 Å². The van der Waals surface area contributed by atoms with E-state index in [2.05, 4.69) is 15.3 Å². The van der Waals surface area contributed by atoms with E-state index in [0.717, 1.165) is 17.7 Å². The standard InChI is InChI=1S/C22H24N4O2/c1-28-14-8-13-23-21-15-20(24-17-25-21)22(27)26(19-11-6-3-7-12-19)16-18-9-4-2-5-10-18/h2-7,9-12,15,17H,8,13-14,16H2,1H3,(H,23,24,25). The molecule has 0 radical (unpaired) electrons. The van der Waals surface area contributed by atoms with E-state index in [1.807, 2.05) is 60.7 Å². The third-order valence-electron chi connectivity index (χ3n) is 4.21. The quantitative estimate of drug-likeness (QED) is 0.576. The van der Waals surface area contributed by atoms with E-state index >= 15 is 0 Å². The summed E-state index contributed by atoms with van der Waals surface area (Å²) >= 11 is 0. The molecular weight excluding hydrogens is 352 g/mol. The second-order valence-corrected chi connectivity index (χ2v) is 6.27. The van der Waals surface area contributed by atoms with Crippen molar-refractivity contribution >= 4 is 17.4 Å². The van der Waals surface area contributed by atoms with E-state index in [-0.39, 0.29) is 5.91 Å². The van der Waals surface area contributed by atoms with Gasteiger partial charge in [0.1, 0.15) is 17.8 Å². The molecule has 0 saturated heterocycles. The Hall–Kier alpha value is -3.25. The van der Waals surface area contributed by atoms with E-state index in [4.69, 9.17) is 4.74 Å². The highest BCUT2D eigenvalue weighted by molar-refractivity contribution is 6.05. The lowest BCUT2D eigenvalue weighted by atomic mass is 10.1. The lowest BCUT2D eigenvalue weighted by molar-refractivity contribution is 0.0980. The van der Waals surface area contributed by atoms with Crippen molar-refractivity contribution in [2.24, 2.45) is 0 Å². The maximum atomic E-state index is 13.3. The molecule has 1 aromatic heterocycles. The molecule has 0 spiro atoms. The van der Waals surface area contributed by atoms with Gasteiger partial charge in [-0.15, -0.1) is 0 Å². The Kier molecular flexibility index (Phi) is 7.09. The molecule has 6 nitrogen and oxygen atoms in total. The van der Waals surface area contributed by atoms with Crippen molar-refractivity contribution in [2.75, 3.05) is 30.5 Å². The monoisotopic (exact) mass is 376 g/mol. The van der Waals surface area contributed by atoms with E-state index < -0.39 is 0 Å². The molecule has 3 rings (SSSR count). The number of methoxy groups -OCH3 is 1. The Balaban J connectivity index is 1.81. The molecule has 0 atom stereocenters. The van der Waals surface area contributed by atoms with Gasteiger partial charge in [-0.3, -0.25) is 4.79 Å². The molecule has 0 unspecified atom stereocenters. The van der Waals surface area contributed by atoms with Crippen molar-refractivity contribution in [3.63, 3.8) is 0 Å². The Bertz CT molecular complexity index is 872. The molecule has 6 heteroatoms. The molecule has 2 aromatic carbocycles. The van der Waals surface area contributed by atoms with Crippen LogP contribution in [0.15, 0.2) is 73.1 Å². The van der Waals surface area contributed by atoms with Gasteiger partial charge in [0.15, 0.2) is 0 Å². The first kappa shape index (κ1) is 19.5. The van der Waals surface area contributed by atoms with Crippen LogP contribution in [0.4, 0.5) is 11.5 Å². The molecule has 0 fully saturated rings. The molecule has 1 amide bonds. The number of amides is 1. The van der Waals surface area contributed by atoms with Gasteiger partial charge in [0, 0.05) is 32.0 Å². The van der Waals surface area contributed by atoms with Crippen molar-refractivity contribution in [3.05, 3.63) is 84.3 Å². The van der Waals surface area contributed by atoms with Crippen molar-refractivity contribution in [1.29, 1.82) is 0 Å². The number of hydrogen-bond acceptors (Lipinski definition) is 5. The maximum Gasteiger partial charge on any atom is 0.277 e. The van der Waals surface area contributed by atoms with Crippen LogP contribution in [0.3, 0.4) is 0 Å².